The van der Waals surface area contributed by atoms with Crippen molar-refractivity contribution in [1.82, 2.24) is 4.98 Å². The van der Waals surface area contributed by atoms with E-state index in [0.717, 1.165) is 10.5 Å². The molecule has 0 radical (unpaired) electrons. The molecular weight excluding hydrogens is 321 g/mol. The molecule has 2 aromatic rings. The maximum absolute atomic E-state index is 12.8. The molecule has 0 saturated carbocycles. The monoisotopic (exact) mass is 330 g/mol. The molecule has 0 aliphatic rings. The van der Waals surface area contributed by atoms with Crippen molar-refractivity contribution in [2.24, 2.45) is 0 Å². The predicted molar refractivity (Wildman–Crippen MR) is 70.7 cm³/mol. The third-order valence-corrected chi connectivity index (χ3v) is 2.94. The lowest BCUT2D eigenvalue weighted by atomic mass is 10.1. The number of hydrogen-bond acceptors (Lipinski definition) is 2. The van der Waals surface area contributed by atoms with Crippen LogP contribution in [0.15, 0.2) is 47.2 Å². The van der Waals surface area contributed by atoms with Crippen LogP contribution < -0.4 is 5.32 Å². The second kappa shape index (κ2) is 5.61. The summed E-state index contributed by atoms with van der Waals surface area (Å²) in [6.45, 7) is 0.0911. The Kier molecular flexibility index (Phi) is 4.09. The van der Waals surface area contributed by atoms with E-state index in [1.807, 2.05) is 0 Å². The van der Waals surface area contributed by atoms with Crippen LogP contribution in [0.5, 0.6) is 0 Å². The fourth-order valence-electron chi connectivity index (χ4n) is 1.66. The van der Waals surface area contributed by atoms with Crippen molar-refractivity contribution in [1.29, 1.82) is 0 Å². The van der Waals surface area contributed by atoms with Gasteiger partial charge in [0.1, 0.15) is 0 Å². The van der Waals surface area contributed by atoms with Crippen LogP contribution in [0.1, 0.15) is 11.1 Å². The van der Waals surface area contributed by atoms with E-state index in [9.17, 15) is 13.2 Å². The Balaban J connectivity index is 2.16. The minimum Gasteiger partial charge on any atom is -0.380 e. The number of benzene rings is 1. The summed E-state index contributed by atoms with van der Waals surface area (Å²) in [6.07, 6.45) is -1.18. The summed E-state index contributed by atoms with van der Waals surface area (Å²) in [7, 11) is 0. The molecule has 0 fully saturated rings. The molecule has 100 valence electrons. The van der Waals surface area contributed by atoms with E-state index in [0.29, 0.717) is 5.69 Å². The van der Waals surface area contributed by atoms with Crippen molar-refractivity contribution in [3.8, 4) is 0 Å². The summed E-state index contributed by atoms with van der Waals surface area (Å²) in [5.74, 6) is 0. The molecule has 1 aromatic carbocycles. The Morgan fingerprint density at radius 2 is 1.89 bits per heavy atom. The number of rotatable bonds is 3. The lowest BCUT2D eigenvalue weighted by molar-refractivity contribution is -0.138. The molecule has 1 N–H and O–H groups in total. The summed E-state index contributed by atoms with van der Waals surface area (Å²) in [4.78, 5) is 3.94. The van der Waals surface area contributed by atoms with Crippen molar-refractivity contribution in [2.75, 3.05) is 5.32 Å². The van der Waals surface area contributed by atoms with E-state index >= 15 is 0 Å². The standard InChI is InChI=1S/C13H10BrF3N2/c14-10-5-11(8-18-7-10)19-6-9-3-1-2-4-12(9)13(15,16)17/h1-5,7-8,19H,6H2. The third-order valence-electron chi connectivity index (χ3n) is 2.51. The minimum atomic E-state index is -4.34. The zero-order valence-electron chi connectivity index (χ0n) is 9.71. The fraction of sp³-hybridized carbons (Fsp3) is 0.154. The van der Waals surface area contributed by atoms with Crippen LogP contribution in [0.3, 0.4) is 0 Å². The van der Waals surface area contributed by atoms with E-state index in [1.54, 1.807) is 24.5 Å². The molecule has 0 saturated heterocycles. The van der Waals surface area contributed by atoms with E-state index in [2.05, 4.69) is 26.2 Å². The lowest BCUT2D eigenvalue weighted by Crippen LogP contribution is -2.11. The van der Waals surface area contributed by atoms with Crippen LogP contribution in [0, 0.1) is 0 Å². The first-order chi connectivity index (χ1) is 8.97. The summed E-state index contributed by atoms with van der Waals surface area (Å²) in [5.41, 5.74) is 0.242. The van der Waals surface area contributed by atoms with E-state index in [-0.39, 0.29) is 12.1 Å². The van der Waals surface area contributed by atoms with Gasteiger partial charge < -0.3 is 5.32 Å². The summed E-state index contributed by atoms with van der Waals surface area (Å²) < 4.78 is 39.1. The molecule has 0 spiro atoms. The number of halogens is 4. The second-order valence-corrected chi connectivity index (χ2v) is 4.82. The van der Waals surface area contributed by atoms with Gasteiger partial charge in [0.15, 0.2) is 0 Å². The van der Waals surface area contributed by atoms with Gasteiger partial charge in [0, 0.05) is 17.2 Å². The van der Waals surface area contributed by atoms with Crippen LogP contribution in [0.25, 0.3) is 0 Å². The molecule has 0 amide bonds. The highest BCUT2D eigenvalue weighted by atomic mass is 79.9. The number of anilines is 1. The number of pyridine rings is 1. The molecule has 1 heterocycles. The highest BCUT2D eigenvalue weighted by Crippen LogP contribution is 2.32. The Hall–Kier alpha value is -1.56. The second-order valence-electron chi connectivity index (χ2n) is 3.90. The molecule has 2 rings (SSSR count). The van der Waals surface area contributed by atoms with Crippen LogP contribution in [0.4, 0.5) is 18.9 Å². The lowest BCUT2D eigenvalue weighted by Gasteiger charge is -2.13. The molecular formula is C13H10BrF3N2. The number of alkyl halides is 3. The number of hydrogen-bond donors (Lipinski definition) is 1. The Morgan fingerprint density at radius 3 is 2.58 bits per heavy atom. The van der Waals surface area contributed by atoms with E-state index < -0.39 is 11.7 Å². The minimum absolute atomic E-state index is 0.0911. The van der Waals surface area contributed by atoms with E-state index in [1.165, 1.54) is 12.1 Å². The SMILES string of the molecule is FC(F)(F)c1ccccc1CNc1cncc(Br)c1. The predicted octanol–water partition coefficient (Wildman–Crippen LogP) is 4.48. The van der Waals surface area contributed by atoms with Gasteiger partial charge in [0.25, 0.3) is 0 Å². The largest absolute Gasteiger partial charge is 0.416 e. The summed E-state index contributed by atoms with van der Waals surface area (Å²) >= 11 is 3.25. The molecule has 0 aliphatic heterocycles. The molecule has 0 atom stereocenters. The first kappa shape index (κ1) is 13.9. The average molecular weight is 331 g/mol. The van der Waals surface area contributed by atoms with Crippen LogP contribution >= 0.6 is 15.9 Å². The number of aromatic nitrogens is 1. The smallest absolute Gasteiger partial charge is 0.380 e. The van der Waals surface area contributed by atoms with Crippen LogP contribution in [-0.2, 0) is 12.7 Å². The van der Waals surface area contributed by atoms with Gasteiger partial charge in [-0.15, -0.1) is 0 Å². The van der Waals surface area contributed by atoms with Gasteiger partial charge in [-0.25, -0.2) is 0 Å². The first-order valence-electron chi connectivity index (χ1n) is 5.46. The molecule has 0 bridgehead atoms. The molecule has 6 heteroatoms. The molecule has 1 aromatic heterocycles. The molecule has 0 unspecified atom stereocenters. The maximum atomic E-state index is 12.8. The Bertz CT molecular complexity index is 570. The first-order valence-corrected chi connectivity index (χ1v) is 6.25. The van der Waals surface area contributed by atoms with Crippen molar-refractivity contribution in [3.63, 3.8) is 0 Å². The van der Waals surface area contributed by atoms with Gasteiger partial charge >= 0.3 is 6.18 Å². The van der Waals surface area contributed by atoms with Crippen molar-refractivity contribution < 1.29 is 13.2 Å². The average Bonchev–Trinajstić information content (AvgIpc) is 2.36. The zero-order chi connectivity index (χ0) is 13.9. The van der Waals surface area contributed by atoms with Gasteiger partial charge in [0.05, 0.1) is 17.4 Å². The van der Waals surface area contributed by atoms with Gasteiger partial charge in [-0.2, -0.15) is 13.2 Å². The fourth-order valence-corrected chi connectivity index (χ4v) is 2.02. The van der Waals surface area contributed by atoms with Crippen molar-refractivity contribution in [2.45, 2.75) is 12.7 Å². The van der Waals surface area contributed by atoms with Gasteiger partial charge in [-0.1, -0.05) is 18.2 Å². The van der Waals surface area contributed by atoms with Crippen LogP contribution in [-0.4, -0.2) is 4.98 Å². The normalized spacial score (nSPS) is 11.4. The summed E-state index contributed by atoms with van der Waals surface area (Å²) in [6, 6.07) is 7.26. The van der Waals surface area contributed by atoms with Crippen molar-refractivity contribution in [3.05, 3.63) is 58.3 Å². The van der Waals surface area contributed by atoms with Gasteiger partial charge in [0.2, 0.25) is 0 Å². The number of nitrogens with one attached hydrogen (secondary N) is 1. The van der Waals surface area contributed by atoms with Gasteiger partial charge in [-0.3, -0.25) is 4.98 Å². The van der Waals surface area contributed by atoms with Crippen molar-refractivity contribution >= 4 is 21.6 Å². The van der Waals surface area contributed by atoms with E-state index in [4.69, 9.17) is 0 Å². The maximum Gasteiger partial charge on any atom is 0.416 e. The van der Waals surface area contributed by atoms with Gasteiger partial charge in [-0.05, 0) is 33.6 Å². The topological polar surface area (TPSA) is 24.9 Å². The molecule has 2 nitrogen and oxygen atoms in total. The highest BCUT2D eigenvalue weighted by molar-refractivity contribution is 9.10. The molecule has 19 heavy (non-hydrogen) atoms. The molecule has 0 aliphatic carbocycles. The Morgan fingerprint density at radius 1 is 1.16 bits per heavy atom. The third kappa shape index (κ3) is 3.70. The van der Waals surface area contributed by atoms with Crippen LogP contribution in [0.2, 0.25) is 0 Å². The zero-order valence-corrected chi connectivity index (χ0v) is 11.3. The number of nitrogens with zero attached hydrogens (tertiary/aromatic N) is 1. The quantitative estimate of drug-likeness (QED) is 0.897. The highest BCUT2D eigenvalue weighted by Gasteiger charge is 2.32. The Labute approximate surface area is 116 Å². The summed E-state index contributed by atoms with van der Waals surface area (Å²) in [5, 5.41) is 2.92.